The number of oxime groups is 1. The third kappa shape index (κ3) is 6.01. The van der Waals surface area contributed by atoms with Gasteiger partial charge in [0.15, 0.2) is 26.7 Å². The molecule has 3 aromatic rings. The van der Waals surface area contributed by atoms with E-state index in [1.54, 1.807) is 25.3 Å². The summed E-state index contributed by atoms with van der Waals surface area (Å²) in [7, 11) is 0. The van der Waals surface area contributed by atoms with Crippen LogP contribution in [0.5, 0.6) is 11.5 Å². The predicted molar refractivity (Wildman–Crippen MR) is 158 cm³/mol. The summed E-state index contributed by atoms with van der Waals surface area (Å²) in [5.74, 6) is -2.49. The summed E-state index contributed by atoms with van der Waals surface area (Å²) in [5.41, 5.74) is 6.72. The van der Waals surface area contributed by atoms with E-state index in [2.05, 4.69) is 25.7 Å². The number of β-lactam (4-membered cyclic amide) rings is 1. The first kappa shape index (κ1) is 29.6. The normalized spacial score (nSPS) is 18.6. The van der Waals surface area contributed by atoms with Crippen LogP contribution in [-0.2, 0) is 19.2 Å². The van der Waals surface area contributed by atoms with Crippen LogP contribution in [-0.4, -0.2) is 87.9 Å². The number of amides is 2. The van der Waals surface area contributed by atoms with Gasteiger partial charge in [0, 0.05) is 22.4 Å². The molecular formula is C24H23N7O7S4. The van der Waals surface area contributed by atoms with Gasteiger partial charge in [-0.25, -0.2) is 9.78 Å². The van der Waals surface area contributed by atoms with Crippen LogP contribution < -0.4 is 11.1 Å². The van der Waals surface area contributed by atoms with E-state index in [-0.39, 0.29) is 45.6 Å². The van der Waals surface area contributed by atoms with Crippen molar-refractivity contribution in [3.8, 4) is 22.1 Å². The number of carbonyl (C=O) groups is 3. The number of nitrogens with zero attached hydrogens (tertiary/aromatic N) is 5. The number of aromatic nitrogens is 3. The number of thiazole rings is 1. The number of hydrogen-bond donors (Lipinski definition) is 5. The number of thioether (sulfide) groups is 2. The van der Waals surface area contributed by atoms with Gasteiger partial charge in [0.2, 0.25) is 0 Å². The van der Waals surface area contributed by atoms with Gasteiger partial charge in [-0.3, -0.25) is 14.5 Å². The first-order chi connectivity index (χ1) is 20.0. The summed E-state index contributed by atoms with van der Waals surface area (Å²) in [5, 5.41) is 45.7. The number of carbonyl (C=O) groups excluding carboxylic acids is 2. The van der Waals surface area contributed by atoms with Crippen molar-refractivity contribution >= 4 is 74.8 Å². The quantitative estimate of drug-likeness (QED) is 0.0702. The minimum Gasteiger partial charge on any atom is -0.504 e. The average molecular weight is 650 g/mol. The molecule has 4 heterocycles. The molecule has 1 saturated heterocycles. The Morgan fingerprint density at radius 1 is 1.29 bits per heavy atom. The SMILES string of the molecule is CC(C)O/N=C(/C(=O)N[C@@H]1C(=O)N2C(C(=O)O)=C(CSc3nnc(-c4ccc(O)c(O)c4)s3)CS[C@H]12)c1csc(N)n1. The van der Waals surface area contributed by atoms with E-state index in [4.69, 9.17) is 10.6 Å². The number of anilines is 1. The number of hydrogen-bond acceptors (Lipinski definition) is 15. The summed E-state index contributed by atoms with van der Waals surface area (Å²) in [6.07, 6.45) is -0.314. The summed E-state index contributed by atoms with van der Waals surface area (Å²) in [6, 6.07) is 3.34. The zero-order chi connectivity index (χ0) is 30.1. The van der Waals surface area contributed by atoms with Crippen LogP contribution in [0.25, 0.3) is 10.6 Å². The highest BCUT2D eigenvalue weighted by Gasteiger charge is 2.54. The lowest BCUT2D eigenvalue weighted by molar-refractivity contribution is -0.150. The number of carboxylic acid groups (broad SMARTS) is 1. The van der Waals surface area contributed by atoms with E-state index in [0.29, 0.717) is 26.2 Å². The van der Waals surface area contributed by atoms with E-state index < -0.39 is 29.2 Å². The van der Waals surface area contributed by atoms with Gasteiger partial charge >= 0.3 is 5.97 Å². The van der Waals surface area contributed by atoms with Crippen LogP contribution in [0.2, 0.25) is 0 Å². The number of aliphatic carboxylic acids is 1. The second kappa shape index (κ2) is 12.2. The number of nitrogens with one attached hydrogen (secondary N) is 1. The fourth-order valence-corrected chi connectivity index (χ4v) is 7.83. The minimum atomic E-state index is -1.25. The van der Waals surface area contributed by atoms with Crippen LogP contribution in [0.15, 0.2) is 44.3 Å². The number of fused-ring (bicyclic) bond motifs is 1. The molecule has 5 rings (SSSR count). The van der Waals surface area contributed by atoms with Crippen molar-refractivity contribution in [1.82, 2.24) is 25.4 Å². The zero-order valence-corrected chi connectivity index (χ0v) is 25.1. The number of carboxylic acids is 1. The number of phenols is 2. The first-order valence-corrected chi connectivity index (χ1v) is 15.9. The first-order valence-electron chi connectivity index (χ1n) is 12.2. The molecule has 14 nitrogen and oxygen atoms in total. The topological polar surface area (TPSA) is 213 Å². The van der Waals surface area contributed by atoms with Crippen molar-refractivity contribution in [2.24, 2.45) is 5.16 Å². The molecule has 42 heavy (non-hydrogen) atoms. The molecule has 1 fully saturated rings. The lowest BCUT2D eigenvalue weighted by Crippen LogP contribution is -2.71. The van der Waals surface area contributed by atoms with Crippen LogP contribution in [0.1, 0.15) is 19.5 Å². The fourth-order valence-electron chi connectivity index (χ4n) is 3.95. The molecule has 2 aliphatic rings. The molecule has 0 spiro atoms. The summed E-state index contributed by atoms with van der Waals surface area (Å²) >= 11 is 4.96. The number of aromatic hydroxyl groups is 2. The molecule has 2 aliphatic heterocycles. The highest BCUT2D eigenvalue weighted by atomic mass is 32.2. The Morgan fingerprint density at radius 3 is 2.74 bits per heavy atom. The average Bonchev–Trinajstić information content (AvgIpc) is 3.60. The van der Waals surface area contributed by atoms with Crippen LogP contribution in [0.3, 0.4) is 0 Å². The number of nitrogen functional groups attached to an aromatic ring is 1. The van der Waals surface area contributed by atoms with Gasteiger partial charge in [-0.1, -0.05) is 28.3 Å². The van der Waals surface area contributed by atoms with Crippen molar-refractivity contribution in [2.45, 2.75) is 35.7 Å². The van der Waals surface area contributed by atoms with Gasteiger partial charge in [-0.15, -0.1) is 33.3 Å². The largest absolute Gasteiger partial charge is 0.504 e. The zero-order valence-electron chi connectivity index (χ0n) is 21.9. The summed E-state index contributed by atoms with van der Waals surface area (Å²) in [4.78, 5) is 49.0. The van der Waals surface area contributed by atoms with E-state index in [0.717, 1.165) is 11.3 Å². The Bertz CT molecular complexity index is 1620. The molecule has 0 unspecified atom stereocenters. The van der Waals surface area contributed by atoms with Gasteiger partial charge in [0.1, 0.15) is 33.9 Å². The highest BCUT2D eigenvalue weighted by molar-refractivity contribution is 8.01. The summed E-state index contributed by atoms with van der Waals surface area (Å²) in [6.45, 7) is 3.48. The van der Waals surface area contributed by atoms with Crippen LogP contribution >= 0.6 is 46.2 Å². The Hall–Kier alpha value is -3.87. The minimum absolute atomic E-state index is 0.126. The van der Waals surface area contributed by atoms with Crippen LogP contribution in [0, 0.1) is 0 Å². The van der Waals surface area contributed by atoms with E-state index in [9.17, 15) is 29.7 Å². The number of nitrogens with two attached hydrogens (primary N) is 1. The predicted octanol–water partition coefficient (Wildman–Crippen LogP) is 2.31. The molecule has 18 heteroatoms. The molecule has 1 aromatic carbocycles. The molecule has 0 saturated carbocycles. The highest BCUT2D eigenvalue weighted by Crippen LogP contribution is 2.42. The van der Waals surface area contributed by atoms with E-state index >= 15 is 0 Å². The lowest BCUT2D eigenvalue weighted by atomic mass is 10.0. The smallest absolute Gasteiger partial charge is 0.352 e. The molecule has 6 N–H and O–H groups in total. The van der Waals surface area contributed by atoms with E-state index in [1.165, 1.54) is 51.9 Å². The molecule has 2 aromatic heterocycles. The van der Waals surface area contributed by atoms with Crippen molar-refractivity contribution < 1.29 is 34.5 Å². The third-order valence-corrected chi connectivity index (χ3v) is 10.1. The molecule has 0 radical (unpaired) electrons. The molecule has 0 bridgehead atoms. The monoisotopic (exact) mass is 649 g/mol. The number of benzene rings is 1. The number of rotatable bonds is 10. The Kier molecular flexibility index (Phi) is 8.58. The molecule has 2 amide bonds. The maximum absolute atomic E-state index is 13.1. The van der Waals surface area contributed by atoms with Gasteiger partial charge in [0.25, 0.3) is 11.8 Å². The van der Waals surface area contributed by atoms with Crippen molar-refractivity contribution in [2.75, 3.05) is 17.2 Å². The number of phenolic OH excluding ortho intramolecular Hbond substituents is 2. The van der Waals surface area contributed by atoms with Crippen molar-refractivity contribution in [3.63, 3.8) is 0 Å². The third-order valence-electron chi connectivity index (χ3n) is 5.87. The standard InChI is InChI=1S/C24H23N7O7S4/c1-9(2)38-30-15(12-8-40-23(25)26-12)18(34)27-16-20(35)31-17(22(36)37)11(6-39-21(16)31)7-41-24-29-28-19(42-24)10-3-4-13(32)14(33)5-10/h3-5,8-9,16,21,32-33H,6-7H2,1-2H3,(H2,25,26)(H,27,34)(H,36,37)/b30-15+/t16-,21-/m1/s1. The maximum Gasteiger partial charge on any atom is 0.352 e. The second-order valence-electron chi connectivity index (χ2n) is 9.15. The Labute approximate surface area is 254 Å². The maximum atomic E-state index is 13.1. The second-order valence-corrected chi connectivity index (χ2v) is 13.3. The summed E-state index contributed by atoms with van der Waals surface area (Å²) < 4.78 is 0.556. The van der Waals surface area contributed by atoms with Crippen molar-refractivity contribution in [3.05, 3.63) is 40.5 Å². The molecule has 2 atom stereocenters. The Morgan fingerprint density at radius 2 is 2.07 bits per heavy atom. The molecule has 0 aliphatic carbocycles. The van der Waals surface area contributed by atoms with Crippen LogP contribution in [0.4, 0.5) is 5.13 Å². The lowest BCUT2D eigenvalue weighted by Gasteiger charge is -2.49. The van der Waals surface area contributed by atoms with Gasteiger partial charge in [-0.2, -0.15) is 0 Å². The van der Waals surface area contributed by atoms with Gasteiger partial charge in [-0.05, 0) is 37.6 Å². The van der Waals surface area contributed by atoms with E-state index in [1.807, 2.05) is 0 Å². The van der Waals surface area contributed by atoms with Gasteiger partial charge in [0.05, 0.1) is 0 Å². The fraction of sp³-hybridized carbons (Fsp3) is 0.292. The molecule has 220 valence electrons. The van der Waals surface area contributed by atoms with Gasteiger partial charge < -0.3 is 31.2 Å². The molecular weight excluding hydrogens is 627 g/mol. The Balaban J connectivity index is 1.28. The van der Waals surface area contributed by atoms with Crippen molar-refractivity contribution in [1.29, 1.82) is 0 Å².